The van der Waals surface area contributed by atoms with Crippen LogP contribution in [0.5, 0.6) is 0 Å². The van der Waals surface area contributed by atoms with Gasteiger partial charge in [-0.2, -0.15) is 0 Å². The molecule has 0 unspecified atom stereocenters. The predicted octanol–water partition coefficient (Wildman–Crippen LogP) is 2.04. The molecule has 0 radical (unpaired) electrons. The molecule has 4 heteroatoms. The molecule has 1 aliphatic heterocycles. The van der Waals surface area contributed by atoms with Crippen LogP contribution in [0.4, 0.5) is 0 Å². The standard InChI is InChI=1S/C14H14N4/c1-2-14-12(5-11(1)18-4-3-15-9-18)13(8-17-14)10-6-16-7-10/h1-5,8-10,16-17H,6-7H2. The van der Waals surface area contributed by atoms with Gasteiger partial charge in [-0.3, -0.25) is 0 Å². The molecule has 4 nitrogen and oxygen atoms in total. The zero-order valence-electron chi connectivity index (χ0n) is 9.93. The van der Waals surface area contributed by atoms with Gasteiger partial charge >= 0.3 is 0 Å². The van der Waals surface area contributed by atoms with Crippen LogP contribution in [0.3, 0.4) is 0 Å². The van der Waals surface area contributed by atoms with E-state index in [0.717, 1.165) is 18.8 Å². The molecule has 1 fully saturated rings. The average molecular weight is 238 g/mol. The molecule has 0 spiro atoms. The van der Waals surface area contributed by atoms with Crippen LogP contribution in [-0.4, -0.2) is 27.6 Å². The van der Waals surface area contributed by atoms with Crippen LogP contribution >= 0.6 is 0 Å². The molecule has 2 N–H and O–H groups in total. The van der Waals surface area contributed by atoms with Crippen LogP contribution in [0.25, 0.3) is 16.6 Å². The molecule has 3 aromatic rings. The van der Waals surface area contributed by atoms with E-state index < -0.39 is 0 Å². The molecule has 1 aliphatic rings. The fourth-order valence-electron chi connectivity index (χ4n) is 2.55. The molecule has 1 saturated heterocycles. The van der Waals surface area contributed by atoms with E-state index in [0.29, 0.717) is 5.92 Å². The van der Waals surface area contributed by atoms with Crippen molar-refractivity contribution in [1.29, 1.82) is 0 Å². The van der Waals surface area contributed by atoms with Crippen LogP contribution < -0.4 is 5.32 Å². The van der Waals surface area contributed by atoms with Gasteiger partial charge in [-0.1, -0.05) is 0 Å². The second kappa shape index (κ2) is 3.71. The smallest absolute Gasteiger partial charge is 0.0991 e. The molecule has 4 rings (SSSR count). The van der Waals surface area contributed by atoms with Crippen LogP contribution in [-0.2, 0) is 0 Å². The van der Waals surface area contributed by atoms with Crippen molar-refractivity contribution in [2.24, 2.45) is 0 Å². The molecule has 0 atom stereocenters. The number of H-pyrrole nitrogens is 1. The largest absolute Gasteiger partial charge is 0.361 e. The lowest BCUT2D eigenvalue weighted by Gasteiger charge is -2.26. The third-order valence-electron chi connectivity index (χ3n) is 3.72. The van der Waals surface area contributed by atoms with Crippen molar-refractivity contribution in [2.45, 2.75) is 5.92 Å². The summed E-state index contributed by atoms with van der Waals surface area (Å²) >= 11 is 0. The third-order valence-corrected chi connectivity index (χ3v) is 3.72. The summed E-state index contributed by atoms with van der Waals surface area (Å²) in [5, 5.41) is 4.65. The summed E-state index contributed by atoms with van der Waals surface area (Å²) in [7, 11) is 0. The molecule has 2 aromatic heterocycles. The Labute approximate surface area is 105 Å². The van der Waals surface area contributed by atoms with Gasteiger partial charge in [0.1, 0.15) is 0 Å². The Morgan fingerprint density at radius 1 is 1.28 bits per heavy atom. The number of benzene rings is 1. The maximum atomic E-state index is 4.10. The van der Waals surface area contributed by atoms with Crippen LogP contribution in [0.2, 0.25) is 0 Å². The highest BCUT2D eigenvalue weighted by atomic mass is 15.0. The summed E-state index contributed by atoms with van der Waals surface area (Å²) < 4.78 is 2.04. The van der Waals surface area contributed by atoms with Gasteiger partial charge in [0.05, 0.1) is 6.33 Å². The summed E-state index contributed by atoms with van der Waals surface area (Å²) in [4.78, 5) is 7.45. The van der Waals surface area contributed by atoms with Crippen molar-refractivity contribution in [1.82, 2.24) is 19.9 Å². The van der Waals surface area contributed by atoms with Gasteiger partial charge < -0.3 is 14.9 Å². The summed E-state index contributed by atoms with van der Waals surface area (Å²) in [5.74, 6) is 0.650. The fraction of sp³-hybridized carbons (Fsp3) is 0.214. The molecule has 90 valence electrons. The van der Waals surface area contributed by atoms with E-state index in [4.69, 9.17) is 0 Å². The first-order valence-electron chi connectivity index (χ1n) is 6.22. The number of aromatic amines is 1. The minimum absolute atomic E-state index is 0.650. The van der Waals surface area contributed by atoms with Gasteiger partial charge in [-0.05, 0) is 23.8 Å². The van der Waals surface area contributed by atoms with Crippen LogP contribution in [0.15, 0.2) is 43.1 Å². The Morgan fingerprint density at radius 3 is 2.94 bits per heavy atom. The summed E-state index contributed by atoms with van der Waals surface area (Å²) in [6.07, 6.45) is 7.75. The highest BCUT2D eigenvalue weighted by molar-refractivity contribution is 5.86. The Bertz CT molecular complexity index is 677. The third kappa shape index (κ3) is 1.39. The topological polar surface area (TPSA) is 45.6 Å². The Kier molecular flexibility index (Phi) is 2.04. The number of aromatic nitrogens is 3. The van der Waals surface area contributed by atoms with Crippen molar-refractivity contribution in [3.63, 3.8) is 0 Å². The van der Waals surface area contributed by atoms with Gasteiger partial charge in [0.2, 0.25) is 0 Å². The van der Waals surface area contributed by atoms with E-state index in [1.54, 1.807) is 6.20 Å². The number of imidazole rings is 1. The van der Waals surface area contributed by atoms with E-state index in [1.165, 1.54) is 16.5 Å². The summed E-state index contributed by atoms with van der Waals surface area (Å²) in [6, 6.07) is 6.49. The van der Waals surface area contributed by atoms with Crippen molar-refractivity contribution in [2.75, 3.05) is 13.1 Å². The minimum atomic E-state index is 0.650. The first-order chi connectivity index (χ1) is 8.92. The number of hydrogen-bond donors (Lipinski definition) is 2. The van der Waals surface area contributed by atoms with Crippen molar-refractivity contribution < 1.29 is 0 Å². The number of hydrogen-bond acceptors (Lipinski definition) is 2. The second-order valence-corrected chi connectivity index (χ2v) is 4.80. The molecular weight excluding hydrogens is 224 g/mol. The zero-order chi connectivity index (χ0) is 11.9. The fourth-order valence-corrected chi connectivity index (χ4v) is 2.55. The lowest BCUT2D eigenvalue weighted by molar-refractivity contribution is 0.451. The first-order valence-corrected chi connectivity index (χ1v) is 6.22. The highest BCUT2D eigenvalue weighted by Crippen LogP contribution is 2.29. The van der Waals surface area contributed by atoms with Gasteiger partial charge in [-0.25, -0.2) is 4.98 Å². The minimum Gasteiger partial charge on any atom is -0.361 e. The number of fused-ring (bicyclic) bond motifs is 1. The number of nitrogens with zero attached hydrogens (tertiary/aromatic N) is 2. The molecule has 3 heterocycles. The first kappa shape index (κ1) is 9.91. The van der Waals surface area contributed by atoms with Crippen LogP contribution in [0, 0.1) is 0 Å². The van der Waals surface area contributed by atoms with Gasteiger partial charge in [0.15, 0.2) is 0 Å². The van der Waals surface area contributed by atoms with E-state index in [9.17, 15) is 0 Å². The van der Waals surface area contributed by atoms with E-state index in [1.807, 2.05) is 17.1 Å². The Morgan fingerprint density at radius 2 is 2.22 bits per heavy atom. The molecule has 0 aliphatic carbocycles. The van der Waals surface area contributed by atoms with Gasteiger partial charge in [0.25, 0.3) is 0 Å². The predicted molar refractivity (Wildman–Crippen MR) is 71.0 cm³/mol. The number of rotatable bonds is 2. The zero-order valence-corrected chi connectivity index (χ0v) is 9.93. The average Bonchev–Trinajstić information content (AvgIpc) is 2.96. The number of nitrogens with one attached hydrogen (secondary N) is 2. The molecule has 1 aromatic carbocycles. The molecule has 0 bridgehead atoms. The van der Waals surface area contributed by atoms with Gasteiger partial charge in [-0.15, -0.1) is 0 Å². The highest BCUT2D eigenvalue weighted by Gasteiger charge is 2.21. The Hall–Kier alpha value is -2.07. The lowest BCUT2D eigenvalue weighted by Crippen LogP contribution is -2.39. The SMILES string of the molecule is c1cn(-c2ccc3[nH]cc(C4CNC4)c3c2)cn1. The Balaban J connectivity index is 1.87. The molecule has 18 heavy (non-hydrogen) atoms. The normalized spacial score (nSPS) is 16.0. The molecule has 0 saturated carbocycles. The molecule has 0 amide bonds. The van der Waals surface area contributed by atoms with Gasteiger partial charge in [0, 0.05) is 54.2 Å². The van der Waals surface area contributed by atoms with Crippen molar-refractivity contribution in [3.05, 3.63) is 48.7 Å². The summed E-state index contributed by atoms with van der Waals surface area (Å²) in [5.41, 5.74) is 3.79. The quantitative estimate of drug-likeness (QED) is 0.717. The monoisotopic (exact) mass is 238 g/mol. The van der Waals surface area contributed by atoms with E-state index >= 15 is 0 Å². The summed E-state index contributed by atoms with van der Waals surface area (Å²) in [6.45, 7) is 2.17. The van der Waals surface area contributed by atoms with E-state index in [2.05, 4.69) is 39.7 Å². The second-order valence-electron chi connectivity index (χ2n) is 4.80. The van der Waals surface area contributed by atoms with Crippen LogP contribution in [0.1, 0.15) is 11.5 Å². The maximum Gasteiger partial charge on any atom is 0.0991 e. The maximum absolute atomic E-state index is 4.10. The van der Waals surface area contributed by atoms with Crippen molar-refractivity contribution >= 4 is 10.9 Å². The van der Waals surface area contributed by atoms with Crippen molar-refractivity contribution in [3.8, 4) is 5.69 Å². The lowest BCUT2D eigenvalue weighted by atomic mass is 9.93. The van der Waals surface area contributed by atoms with E-state index in [-0.39, 0.29) is 0 Å². The molecular formula is C14H14N4.